The first kappa shape index (κ1) is 15.4. The second-order valence-corrected chi connectivity index (χ2v) is 10.4. The van der Waals surface area contributed by atoms with Gasteiger partial charge in [-0.2, -0.15) is 0 Å². The minimum atomic E-state index is -0.447. The highest BCUT2D eigenvalue weighted by molar-refractivity contribution is 5.18. The lowest BCUT2D eigenvalue weighted by molar-refractivity contribution is -0.193. The summed E-state index contributed by atoms with van der Waals surface area (Å²) in [6, 6.07) is 0. The molecule has 0 unspecified atom stereocenters. The summed E-state index contributed by atoms with van der Waals surface area (Å²) in [5.74, 6) is 2.01. The second-order valence-electron chi connectivity index (χ2n) is 10.4. The predicted molar refractivity (Wildman–Crippen MR) is 88.4 cm³/mol. The van der Waals surface area contributed by atoms with Crippen molar-refractivity contribution in [1.29, 1.82) is 0 Å². The van der Waals surface area contributed by atoms with Crippen molar-refractivity contribution in [2.75, 3.05) is 0 Å². The molecule has 1 spiro atoms. The van der Waals surface area contributed by atoms with Crippen LogP contribution in [-0.2, 0) is 0 Å². The zero-order valence-electron chi connectivity index (χ0n) is 14.9. The van der Waals surface area contributed by atoms with Crippen LogP contribution in [-0.4, -0.2) is 21.9 Å². The first-order valence-electron chi connectivity index (χ1n) is 9.51. The molecule has 126 valence electrons. The zero-order valence-corrected chi connectivity index (χ0v) is 14.9. The van der Waals surface area contributed by atoms with E-state index in [-0.39, 0.29) is 16.9 Å². The number of rotatable bonds is 0. The van der Waals surface area contributed by atoms with E-state index in [1.165, 1.54) is 32.1 Å². The highest BCUT2D eigenvalue weighted by atomic mass is 16.3. The maximum Gasteiger partial charge on any atom is 0.0648 e. The van der Waals surface area contributed by atoms with Crippen LogP contribution in [0.1, 0.15) is 79.1 Å². The first-order chi connectivity index (χ1) is 10.1. The maximum atomic E-state index is 10.8. The van der Waals surface area contributed by atoms with Gasteiger partial charge in [-0.1, -0.05) is 20.8 Å². The van der Waals surface area contributed by atoms with Crippen molar-refractivity contribution in [1.82, 2.24) is 0 Å². The fraction of sp³-hybridized carbons (Fsp3) is 1.00. The van der Waals surface area contributed by atoms with Gasteiger partial charge < -0.3 is 10.2 Å². The summed E-state index contributed by atoms with van der Waals surface area (Å²) < 4.78 is 0. The molecular formula is C20H34O2. The Kier molecular flexibility index (Phi) is 3.02. The molecule has 7 atom stereocenters. The van der Waals surface area contributed by atoms with Crippen LogP contribution < -0.4 is 0 Å². The molecule has 0 aromatic heterocycles. The van der Waals surface area contributed by atoms with Gasteiger partial charge in [0.15, 0.2) is 0 Å². The summed E-state index contributed by atoms with van der Waals surface area (Å²) in [5.41, 5.74) is 0.464. The van der Waals surface area contributed by atoms with E-state index in [9.17, 15) is 10.2 Å². The van der Waals surface area contributed by atoms with Crippen molar-refractivity contribution in [3.8, 4) is 0 Å². The molecule has 22 heavy (non-hydrogen) atoms. The molecule has 4 aliphatic rings. The number of aliphatic hydroxyl groups is 2. The van der Waals surface area contributed by atoms with Gasteiger partial charge in [-0.05, 0) is 92.3 Å². The molecule has 2 heteroatoms. The zero-order chi connectivity index (χ0) is 16.0. The molecule has 2 bridgehead atoms. The molecule has 0 saturated heterocycles. The van der Waals surface area contributed by atoms with Gasteiger partial charge in [-0.25, -0.2) is 0 Å². The fourth-order valence-corrected chi connectivity index (χ4v) is 8.04. The molecule has 4 rings (SSSR count). The van der Waals surface area contributed by atoms with E-state index in [0.29, 0.717) is 11.3 Å². The van der Waals surface area contributed by atoms with Gasteiger partial charge in [0.05, 0.1) is 11.7 Å². The normalized spacial score (nSPS) is 59.7. The van der Waals surface area contributed by atoms with Crippen LogP contribution in [0, 0.1) is 34.0 Å². The third-order valence-corrected chi connectivity index (χ3v) is 8.99. The molecule has 0 aromatic rings. The Labute approximate surface area is 135 Å². The van der Waals surface area contributed by atoms with Crippen LogP contribution in [0.25, 0.3) is 0 Å². The quantitative estimate of drug-likeness (QED) is 0.706. The van der Waals surface area contributed by atoms with Gasteiger partial charge in [0.1, 0.15) is 0 Å². The Balaban J connectivity index is 1.78. The lowest BCUT2D eigenvalue weighted by Gasteiger charge is -2.66. The Morgan fingerprint density at radius 2 is 1.59 bits per heavy atom. The van der Waals surface area contributed by atoms with Crippen molar-refractivity contribution in [2.24, 2.45) is 34.0 Å². The van der Waals surface area contributed by atoms with Gasteiger partial charge >= 0.3 is 0 Å². The van der Waals surface area contributed by atoms with Crippen molar-refractivity contribution in [3.05, 3.63) is 0 Å². The molecule has 0 heterocycles. The van der Waals surface area contributed by atoms with Crippen molar-refractivity contribution in [3.63, 3.8) is 0 Å². The first-order valence-corrected chi connectivity index (χ1v) is 9.51. The summed E-state index contributed by atoms with van der Waals surface area (Å²) >= 11 is 0. The van der Waals surface area contributed by atoms with Crippen molar-refractivity contribution >= 4 is 0 Å². The lowest BCUT2D eigenvalue weighted by atomic mass is 9.39. The number of hydrogen-bond donors (Lipinski definition) is 2. The monoisotopic (exact) mass is 306 g/mol. The highest BCUT2D eigenvalue weighted by Crippen LogP contribution is 2.75. The molecule has 4 aliphatic carbocycles. The van der Waals surface area contributed by atoms with Crippen LogP contribution in [0.15, 0.2) is 0 Å². The van der Waals surface area contributed by atoms with E-state index in [0.717, 1.165) is 31.1 Å². The van der Waals surface area contributed by atoms with E-state index in [1.807, 2.05) is 0 Å². The van der Waals surface area contributed by atoms with E-state index >= 15 is 0 Å². The van der Waals surface area contributed by atoms with Gasteiger partial charge in [0.2, 0.25) is 0 Å². The minimum Gasteiger partial charge on any atom is -0.393 e. The van der Waals surface area contributed by atoms with Crippen LogP contribution in [0.5, 0.6) is 0 Å². The smallest absolute Gasteiger partial charge is 0.0648 e. The van der Waals surface area contributed by atoms with E-state index in [4.69, 9.17) is 0 Å². The van der Waals surface area contributed by atoms with Crippen LogP contribution >= 0.6 is 0 Å². The molecule has 0 aromatic carbocycles. The molecule has 0 aliphatic heterocycles. The maximum absolute atomic E-state index is 10.8. The van der Waals surface area contributed by atoms with E-state index in [2.05, 4.69) is 27.7 Å². The molecule has 0 radical (unpaired) electrons. The van der Waals surface area contributed by atoms with Gasteiger partial charge in [-0.3, -0.25) is 0 Å². The summed E-state index contributed by atoms with van der Waals surface area (Å²) in [7, 11) is 0. The van der Waals surface area contributed by atoms with Crippen LogP contribution in [0.2, 0.25) is 0 Å². The number of hydrogen-bond acceptors (Lipinski definition) is 2. The average molecular weight is 306 g/mol. The van der Waals surface area contributed by atoms with E-state index in [1.54, 1.807) is 0 Å². The van der Waals surface area contributed by atoms with Gasteiger partial charge in [0.25, 0.3) is 0 Å². The molecule has 0 amide bonds. The average Bonchev–Trinajstić information content (AvgIpc) is 2.71. The Hall–Kier alpha value is -0.0800. The molecular weight excluding hydrogens is 272 g/mol. The number of fused-ring (bicyclic) bond motifs is 2. The minimum absolute atomic E-state index is 0.133. The summed E-state index contributed by atoms with van der Waals surface area (Å²) in [5, 5.41) is 21.4. The Bertz CT molecular complexity index is 482. The SMILES string of the molecule is CC1(C)C[C@@H](O)C[C@@]2(C)[C@H]1CC[C@H]1C[C@H]3C[C@]12CC[C@@]3(C)O. The molecule has 2 N–H and O–H groups in total. The third kappa shape index (κ3) is 1.75. The third-order valence-electron chi connectivity index (χ3n) is 8.99. The predicted octanol–water partition coefficient (Wildman–Crippen LogP) is 4.14. The van der Waals surface area contributed by atoms with Crippen LogP contribution in [0.3, 0.4) is 0 Å². The van der Waals surface area contributed by atoms with Crippen molar-refractivity contribution < 1.29 is 10.2 Å². The lowest BCUT2D eigenvalue weighted by Crippen LogP contribution is -2.60. The van der Waals surface area contributed by atoms with Crippen LogP contribution in [0.4, 0.5) is 0 Å². The van der Waals surface area contributed by atoms with Gasteiger partial charge in [0, 0.05) is 0 Å². The standard InChI is InChI=1S/C20H34O2/c1-17(2)11-15(21)12-18(3)16(17)6-5-13-9-14-10-20(13,18)8-7-19(14,4)22/h13-16,21-22H,5-12H2,1-4H3/t13-,14-,15+,16-,18-,19+,20+/m0/s1. The van der Waals surface area contributed by atoms with E-state index < -0.39 is 5.60 Å². The fourth-order valence-electron chi connectivity index (χ4n) is 8.04. The molecule has 2 nitrogen and oxygen atoms in total. The molecule has 4 fully saturated rings. The summed E-state index contributed by atoms with van der Waals surface area (Å²) in [6.07, 6.45) is 9.09. The second kappa shape index (κ2) is 4.30. The Morgan fingerprint density at radius 3 is 2.32 bits per heavy atom. The summed E-state index contributed by atoms with van der Waals surface area (Å²) in [4.78, 5) is 0. The summed E-state index contributed by atoms with van der Waals surface area (Å²) in [6.45, 7) is 9.36. The topological polar surface area (TPSA) is 40.5 Å². The molecule has 4 saturated carbocycles. The highest BCUT2D eigenvalue weighted by Gasteiger charge is 2.69. The van der Waals surface area contributed by atoms with Gasteiger partial charge in [-0.15, -0.1) is 0 Å². The largest absolute Gasteiger partial charge is 0.393 e. The number of aliphatic hydroxyl groups excluding tert-OH is 1. The Morgan fingerprint density at radius 1 is 0.864 bits per heavy atom. The van der Waals surface area contributed by atoms with Crippen molar-refractivity contribution in [2.45, 2.75) is 90.8 Å².